The second-order valence-corrected chi connectivity index (χ2v) is 5.00. The van der Waals surface area contributed by atoms with E-state index in [1.165, 1.54) is 4.88 Å². The zero-order valence-corrected chi connectivity index (χ0v) is 9.45. The molecule has 1 rings (SSSR count). The molecular weight excluding hydrogens is 204 g/mol. The summed E-state index contributed by atoms with van der Waals surface area (Å²) in [6.07, 6.45) is 0. The van der Waals surface area contributed by atoms with E-state index in [4.69, 9.17) is 17.3 Å². The molecule has 0 saturated heterocycles. The minimum absolute atomic E-state index is 0.234. The fourth-order valence-corrected chi connectivity index (χ4v) is 2.32. The van der Waals surface area contributed by atoms with Crippen molar-refractivity contribution in [1.82, 2.24) is 5.32 Å². The lowest BCUT2D eigenvalue weighted by Crippen LogP contribution is -2.32. The highest BCUT2D eigenvalue weighted by atomic mass is 35.5. The molecule has 0 aliphatic carbocycles. The smallest absolute Gasteiger partial charge is 0.0931 e. The summed E-state index contributed by atoms with van der Waals surface area (Å²) in [6, 6.07) is 4.61. The fraction of sp³-hybridized carbons (Fsp3) is 0.556. The molecule has 0 aliphatic rings. The van der Waals surface area contributed by atoms with Gasteiger partial charge in [-0.3, -0.25) is 0 Å². The summed E-state index contributed by atoms with van der Waals surface area (Å²) < 4.78 is 0.819. The fourth-order valence-electron chi connectivity index (χ4n) is 1.18. The van der Waals surface area contributed by atoms with Crippen LogP contribution in [0, 0.1) is 0 Å². The molecule has 0 aromatic carbocycles. The number of hydrogen-bond donors (Lipinski definition) is 2. The van der Waals surface area contributed by atoms with Gasteiger partial charge in [0.2, 0.25) is 0 Å². The highest BCUT2D eigenvalue weighted by molar-refractivity contribution is 7.16. The Bertz CT molecular complexity index is 260. The van der Waals surface area contributed by atoms with Crippen molar-refractivity contribution in [3.63, 3.8) is 0 Å². The van der Waals surface area contributed by atoms with E-state index in [1.807, 2.05) is 12.1 Å². The Kier molecular flexibility index (Phi) is 4.19. The van der Waals surface area contributed by atoms with E-state index in [1.54, 1.807) is 11.3 Å². The third-order valence-corrected chi connectivity index (χ3v) is 3.05. The molecule has 0 fully saturated rings. The lowest BCUT2D eigenvalue weighted by molar-refractivity contribution is 0.489. The Morgan fingerprint density at radius 1 is 1.54 bits per heavy atom. The molecule has 0 saturated carbocycles. The number of nitrogens with one attached hydrogen (secondary N) is 1. The van der Waals surface area contributed by atoms with Gasteiger partial charge in [-0.05, 0) is 12.1 Å². The van der Waals surface area contributed by atoms with E-state index in [-0.39, 0.29) is 6.04 Å². The van der Waals surface area contributed by atoms with Gasteiger partial charge in [0.05, 0.1) is 10.4 Å². The third-order valence-electron chi connectivity index (χ3n) is 1.71. The monoisotopic (exact) mass is 218 g/mol. The van der Waals surface area contributed by atoms with Gasteiger partial charge in [-0.1, -0.05) is 25.4 Å². The van der Waals surface area contributed by atoms with Gasteiger partial charge in [-0.15, -0.1) is 11.3 Å². The molecule has 0 bridgehead atoms. The molecule has 1 aromatic heterocycles. The van der Waals surface area contributed by atoms with Crippen molar-refractivity contribution >= 4 is 22.9 Å². The molecule has 13 heavy (non-hydrogen) atoms. The Morgan fingerprint density at radius 2 is 2.23 bits per heavy atom. The first-order valence-corrected chi connectivity index (χ1v) is 5.54. The molecule has 1 heterocycles. The average Bonchev–Trinajstić information content (AvgIpc) is 2.47. The van der Waals surface area contributed by atoms with Crippen LogP contribution in [0.4, 0.5) is 0 Å². The summed E-state index contributed by atoms with van der Waals surface area (Å²) in [6.45, 7) is 4.82. The topological polar surface area (TPSA) is 38.0 Å². The van der Waals surface area contributed by atoms with Crippen molar-refractivity contribution in [3.05, 3.63) is 21.3 Å². The standard InChI is InChI=1S/C9H15ClN2S/c1-6(2)12-7(5-11)8-3-4-9(10)13-8/h3-4,6-7,12H,5,11H2,1-2H3. The summed E-state index contributed by atoms with van der Waals surface area (Å²) in [5, 5.41) is 3.39. The second-order valence-electron chi connectivity index (χ2n) is 3.25. The van der Waals surface area contributed by atoms with E-state index in [0.29, 0.717) is 12.6 Å². The van der Waals surface area contributed by atoms with Gasteiger partial charge in [0.1, 0.15) is 0 Å². The van der Waals surface area contributed by atoms with Crippen LogP contribution in [0.1, 0.15) is 24.8 Å². The molecule has 0 radical (unpaired) electrons. The molecule has 4 heteroatoms. The maximum atomic E-state index is 5.85. The van der Waals surface area contributed by atoms with Gasteiger partial charge in [-0.25, -0.2) is 0 Å². The van der Waals surface area contributed by atoms with E-state index in [9.17, 15) is 0 Å². The zero-order valence-electron chi connectivity index (χ0n) is 7.88. The molecule has 3 N–H and O–H groups in total. The number of nitrogens with two attached hydrogens (primary N) is 1. The Labute approximate surface area is 88.1 Å². The molecular formula is C9H15ClN2S. The maximum Gasteiger partial charge on any atom is 0.0931 e. The normalized spacial score (nSPS) is 13.6. The van der Waals surface area contributed by atoms with Crippen LogP contribution in [0.2, 0.25) is 4.34 Å². The second kappa shape index (κ2) is 4.96. The van der Waals surface area contributed by atoms with E-state index < -0.39 is 0 Å². The lowest BCUT2D eigenvalue weighted by Gasteiger charge is -2.17. The predicted molar refractivity (Wildman–Crippen MR) is 59.4 cm³/mol. The lowest BCUT2D eigenvalue weighted by atomic mass is 10.2. The van der Waals surface area contributed by atoms with E-state index >= 15 is 0 Å². The Balaban J connectivity index is 2.66. The van der Waals surface area contributed by atoms with Crippen LogP contribution in [0.25, 0.3) is 0 Å². The largest absolute Gasteiger partial charge is 0.329 e. The SMILES string of the molecule is CC(C)NC(CN)c1ccc(Cl)s1. The summed E-state index contributed by atoms with van der Waals surface area (Å²) in [7, 11) is 0. The van der Waals surface area contributed by atoms with Crippen LogP contribution in [-0.4, -0.2) is 12.6 Å². The third kappa shape index (κ3) is 3.27. The average molecular weight is 219 g/mol. The zero-order chi connectivity index (χ0) is 9.84. The van der Waals surface area contributed by atoms with Crippen LogP contribution < -0.4 is 11.1 Å². The van der Waals surface area contributed by atoms with Crippen molar-refractivity contribution in [1.29, 1.82) is 0 Å². The highest BCUT2D eigenvalue weighted by Gasteiger charge is 2.12. The van der Waals surface area contributed by atoms with Crippen LogP contribution in [0.3, 0.4) is 0 Å². The molecule has 1 aromatic rings. The molecule has 2 nitrogen and oxygen atoms in total. The molecule has 1 atom stereocenters. The molecule has 0 spiro atoms. The van der Waals surface area contributed by atoms with Crippen LogP contribution in [-0.2, 0) is 0 Å². The van der Waals surface area contributed by atoms with Crippen molar-refractivity contribution in [2.75, 3.05) is 6.54 Å². The molecule has 74 valence electrons. The summed E-state index contributed by atoms with van der Waals surface area (Å²) in [5.41, 5.74) is 5.66. The van der Waals surface area contributed by atoms with Gasteiger partial charge in [0.15, 0.2) is 0 Å². The van der Waals surface area contributed by atoms with Crippen LogP contribution >= 0.6 is 22.9 Å². The van der Waals surface area contributed by atoms with Crippen LogP contribution in [0.15, 0.2) is 12.1 Å². The van der Waals surface area contributed by atoms with Crippen LogP contribution in [0.5, 0.6) is 0 Å². The number of rotatable bonds is 4. The molecule has 0 amide bonds. The maximum absolute atomic E-state index is 5.85. The predicted octanol–water partition coefficient (Wildman–Crippen LogP) is 2.40. The number of thiophene rings is 1. The highest BCUT2D eigenvalue weighted by Crippen LogP contribution is 2.26. The van der Waals surface area contributed by atoms with Crippen molar-refractivity contribution in [2.45, 2.75) is 25.9 Å². The van der Waals surface area contributed by atoms with Gasteiger partial charge < -0.3 is 11.1 Å². The number of halogens is 1. The van der Waals surface area contributed by atoms with E-state index in [2.05, 4.69) is 19.2 Å². The minimum atomic E-state index is 0.234. The van der Waals surface area contributed by atoms with E-state index in [0.717, 1.165) is 4.34 Å². The van der Waals surface area contributed by atoms with Crippen molar-refractivity contribution in [2.24, 2.45) is 5.73 Å². The first kappa shape index (κ1) is 11.0. The van der Waals surface area contributed by atoms with Crippen molar-refractivity contribution < 1.29 is 0 Å². The summed E-state index contributed by atoms with van der Waals surface area (Å²) >= 11 is 7.43. The molecule has 1 unspecified atom stereocenters. The Hall–Kier alpha value is -0.0900. The van der Waals surface area contributed by atoms with Crippen molar-refractivity contribution in [3.8, 4) is 0 Å². The van der Waals surface area contributed by atoms with Gasteiger partial charge in [0, 0.05) is 17.5 Å². The summed E-state index contributed by atoms with van der Waals surface area (Å²) in [4.78, 5) is 1.21. The molecule has 0 aliphatic heterocycles. The summed E-state index contributed by atoms with van der Waals surface area (Å²) in [5.74, 6) is 0. The van der Waals surface area contributed by atoms with Gasteiger partial charge in [0.25, 0.3) is 0 Å². The Morgan fingerprint density at radius 3 is 2.62 bits per heavy atom. The first-order chi connectivity index (χ1) is 6.13. The van der Waals surface area contributed by atoms with Gasteiger partial charge in [-0.2, -0.15) is 0 Å². The quantitative estimate of drug-likeness (QED) is 0.815. The minimum Gasteiger partial charge on any atom is -0.329 e. The number of hydrogen-bond acceptors (Lipinski definition) is 3. The first-order valence-electron chi connectivity index (χ1n) is 4.35. The van der Waals surface area contributed by atoms with Gasteiger partial charge >= 0.3 is 0 Å².